The van der Waals surface area contributed by atoms with E-state index in [0.717, 1.165) is 5.69 Å². The third-order valence-electron chi connectivity index (χ3n) is 2.32. The third-order valence-corrected chi connectivity index (χ3v) is 3.04. The van der Waals surface area contributed by atoms with Gasteiger partial charge >= 0.3 is 5.51 Å². The highest BCUT2D eigenvalue weighted by Gasteiger charge is 2.27. The van der Waals surface area contributed by atoms with Crippen LogP contribution in [0.5, 0.6) is 0 Å². The van der Waals surface area contributed by atoms with E-state index in [1.54, 1.807) is 6.20 Å². The summed E-state index contributed by atoms with van der Waals surface area (Å²) in [7, 11) is 0. The van der Waals surface area contributed by atoms with Crippen LogP contribution in [-0.2, 0) is 13.1 Å². The third kappa shape index (κ3) is 4.95. The van der Waals surface area contributed by atoms with E-state index in [1.807, 2.05) is 0 Å². The van der Waals surface area contributed by atoms with Gasteiger partial charge in [-0.1, -0.05) is 5.21 Å². The van der Waals surface area contributed by atoms with Crippen LogP contribution in [0.2, 0.25) is 0 Å². The first-order chi connectivity index (χ1) is 8.03. The molecule has 1 fully saturated rings. The molecule has 96 valence electrons. The predicted molar refractivity (Wildman–Crippen MR) is 58.4 cm³/mol. The number of hydrogen-bond acceptors (Lipinski definition) is 4. The minimum atomic E-state index is -4.17. The maximum atomic E-state index is 11.9. The molecule has 1 aliphatic rings. The summed E-state index contributed by atoms with van der Waals surface area (Å²) < 4.78 is 37.1. The summed E-state index contributed by atoms with van der Waals surface area (Å²) in [5, 5.41) is 10.9. The van der Waals surface area contributed by atoms with Crippen molar-refractivity contribution in [3.8, 4) is 0 Å². The van der Waals surface area contributed by atoms with Gasteiger partial charge in [-0.05, 0) is 24.6 Å². The zero-order valence-electron chi connectivity index (χ0n) is 9.07. The highest BCUT2D eigenvalue weighted by Crippen LogP contribution is 2.29. The molecule has 0 bridgehead atoms. The number of hydrogen-bond donors (Lipinski definition) is 1. The first-order valence-corrected chi connectivity index (χ1v) is 6.34. The number of alkyl halides is 3. The highest BCUT2D eigenvalue weighted by molar-refractivity contribution is 8.00. The molecule has 1 aliphatic carbocycles. The number of aromatic nitrogens is 3. The molecular formula is C9H13F3N4S. The Kier molecular flexibility index (Phi) is 3.93. The van der Waals surface area contributed by atoms with Crippen molar-refractivity contribution < 1.29 is 13.2 Å². The van der Waals surface area contributed by atoms with Gasteiger partial charge in [-0.3, -0.25) is 4.68 Å². The van der Waals surface area contributed by atoms with Crippen LogP contribution in [0.3, 0.4) is 0 Å². The van der Waals surface area contributed by atoms with Gasteiger partial charge in [0.25, 0.3) is 0 Å². The van der Waals surface area contributed by atoms with Crippen LogP contribution in [0.25, 0.3) is 0 Å². The van der Waals surface area contributed by atoms with Crippen molar-refractivity contribution in [1.29, 1.82) is 0 Å². The zero-order valence-corrected chi connectivity index (χ0v) is 9.89. The summed E-state index contributed by atoms with van der Waals surface area (Å²) in [5.41, 5.74) is -3.40. The van der Waals surface area contributed by atoms with Crippen molar-refractivity contribution in [2.45, 2.75) is 37.5 Å². The monoisotopic (exact) mass is 266 g/mol. The van der Waals surface area contributed by atoms with Crippen LogP contribution in [-0.4, -0.2) is 32.3 Å². The highest BCUT2D eigenvalue weighted by atomic mass is 32.2. The second kappa shape index (κ2) is 5.26. The number of nitrogens with zero attached hydrogens (tertiary/aromatic N) is 3. The normalized spacial score (nSPS) is 16.4. The van der Waals surface area contributed by atoms with Gasteiger partial charge < -0.3 is 5.32 Å². The standard InChI is InChI=1S/C9H13F3N4S/c10-9(11,12)17-4-3-16-6-8(14-15-16)5-13-7-1-2-7/h6-7,13H,1-5H2. The van der Waals surface area contributed by atoms with Crippen molar-refractivity contribution >= 4 is 11.8 Å². The molecular weight excluding hydrogens is 253 g/mol. The largest absolute Gasteiger partial charge is 0.441 e. The molecule has 1 saturated carbocycles. The maximum Gasteiger partial charge on any atom is 0.441 e. The van der Waals surface area contributed by atoms with E-state index in [-0.39, 0.29) is 24.1 Å². The lowest BCUT2D eigenvalue weighted by atomic mass is 10.4. The van der Waals surface area contributed by atoms with Crippen LogP contribution in [0.1, 0.15) is 18.5 Å². The molecule has 1 aromatic rings. The molecule has 0 spiro atoms. The van der Waals surface area contributed by atoms with Gasteiger partial charge in [-0.15, -0.1) is 5.10 Å². The minimum Gasteiger partial charge on any atom is -0.308 e. The number of thioether (sulfide) groups is 1. The Morgan fingerprint density at radius 3 is 2.88 bits per heavy atom. The van der Waals surface area contributed by atoms with Crippen LogP contribution >= 0.6 is 11.8 Å². The fraction of sp³-hybridized carbons (Fsp3) is 0.778. The average Bonchev–Trinajstić information content (AvgIpc) is 2.95. The summed E-state index contributed by atoms with van der Waals surface area (Å²) in [5.74, 6) is -0.0393. The Morgan fingerprint density at radius 2 is 2.24 bits per heavy atom. The van der Waals surface area contributed by atoms with Gasteiger partial charge in [-0.25, -0.2) is 0 Å². The van der Waals surface area contributed by atoms with E-state index >= 15 is 0 Å². The van der Waals surface area contributed by atoms with Crippen LogP contribution in [0, 0.1) is 0 Å². The molecule has 0 radical (unpaired) electrons. The van der Waals surface area contributed by atoms with E-state index in [0.29, 0.717) is 12.6 Å². The lowest BCUT2D eigenvalue weighted by Gasteiger charge is -2.04. The van der Waals surface area contributed by atoms with Crippen LogP contribution < -0.4 is 5.32 Å². The maximum absolute atomic E-state index is 11.9. The second-order valence-electron chi connectivity index (χ2n) is 3.92. The fourth-order valence-corrected chi connectivity index (χ4v) is 1.83. The lowest BCUT2D eigenvalue weighted by molar-refractivity contribution is -0.0328. The van der Waals surface area contributed by atoms with Gasteiger partial charge in [0.2, 0.25) is 0 Å². The SMILES string of the molecule is FC(F)(F)SCCn1cc(CNC2CC2)nn1. The first-order valence-electron chi connectivity index (χ1n) is 5.36. The van der Waals surface area contributed by atoms with Gasteiger partial charge in [0.05, 0.1) is 12.2 Å². The average molecular weight is 266 g/mol. The van der Waals surface area contributed by atoms with Crippen molar-refractivity contribution in [2.75, 3.05) is 5.75 Å². The molecule has 1 aromatic heterocycles. The van der Waals surface area contributed by atoms with Crippen molar-refractivity contribution in [1.82, 2.24) is 20.3 Å². The van der Waals surface area contributed by atoms with E-state index in [4.69, 9.17) is 0 Å². The molecule has 0 unspecified atom stereocenters. The molecule has 0 aliphatic heterocycles. The van der Waals surface area contributed by atoms with Crippen molar-refractivity contribution in [3.63, 3.8) is 0 Å². The van der Waals surface area contributed by atoms with Crippen molar-refractivity contribution in [2.24, 2.45) is 0 Å². The number of aryl methyl sites for hydroxylation is 1. The molecule has 0 saturated heterocycles. The van der Waals surface area contributed by atoms with Crippen LogP contribution in [0.15, 0.2) is 6.20 Å². The topological polar surface area (TPSA) is 42.7 Å². The molecule has 2 rings (SSSR count). The zero-order chi connectivity index (χ0) is 12.3. The molecule has 0 aromatic carbocycles. The lowest BCUT2D eigenvalue weighted by Crippen LogP contribution is -2.15. The Balaban J connectivity index is 1.69. The quantitative estimate of drug-likeness (QED) is 0.852. The predicted octanol–water partition coefficient (Wildman–Crippen LogP) is 1.78. The Hall–Kier alpha value is -0.760. The van der Waals surface area contributed by atoms with Gasteiger partial charge in [0.15, 0.2) is 0 Å². The summed E-state index contributed by atoms with van der Waals surface area (Å²) in [6.45, 7) is 0.859. The molecule has 1 heterocycles. The van der Waals surface area contributed by atoms with E-state index in [1.165, 1.54) is 17.5 Å². The van der Waals surface area contributed by atoms with E-state index in [9.17, 15) is 13.2 Å². The Bertz CT molecular complexity index is 361. The number of rotatable bonds is 6. The first kappa shape index (κ1) is 12.7. The van der Waals surface area contributed by atoms with E-state index in [2.05, 4.69) is 15.6 Å². The minimum absolute atomic E-state index is 0.0383. The molecule has 17 heavy (non-hydrogen) atoms. The van der Waals surface area contributed by atoms with Gasteiger partial charge in [0.1, 0.15) is 0 Å². The molecule has 1 N–H and O–H groups in total. The molecule has 0 atom stereocenters. The molecule has 4 nitrogen and oxygen atoms in total. The van der Waals surface area contributed by atoms with Gasteiger partial charge in [-0.2, -0.15) is 13.2 Å². The molecule has 0 amide bonds. The Morgan fingerprint density at radius 1 is 1.47 bits per heavy atom. The summed E-state index contributed by atoms with van der Waals surface area (Å²) >= 11 is -0.0383. The smallest absolute Gasteiger partial charge is 0.308 e. The fourth-order valence-electron chi connectivity index (χ4n) is 1.32. The summed E-state index contributed by atoms with van der Waals surface area (Å²) in [6, 6.07) is 0.584. The second-order valence-corrected chi connectivity index (χ2v) is 5.08. The van der Waals surface area contributed by atoms with E-state index < -0.39 is 5.51 Å². The van der Waals surface area contributed by atoms with Crippen LogP contribution in [0.4, 0.5) is 13.2 Å². The Labute approximate surface area is 101 Å². The molecule has 8 heteroatoms. The summed E-state index contributed by atoms with van der Waals surface area (Å²) in [4.78, 5) is 0. The number of halogens is 3. The summed E-state index contributed by atoms with van der Waals surface area (Å²) in [6.07, 6.45) is 4.07. The number of nitrogens with one attached hydrogen (secondary N) is 1. The van der Waals surface area contributed by atoms with Gasteiger partial charge in [0, 0.05) is 24.5 Å². The van der Waals surface area contributed by atoms with Crippen molar-refractivity contribution in [3.05, 3.63) is 11.9 Å².